The van der Waals surface area contributed by atoms with E-state index in [9.17, 15) is 0 Å². The zero-order chi connectivity index (χ0) is 10.9. The SMILES string of the molecule is CC/C1=C(\C)OCCOCCOCCO1. The molecule has 15 heavy (non-hydrogen) atoms. The predicted molar refractivity (Wildman–Crippen MR) is 56.5 cm³/mol. The van der Waals surface area contributed by atoms with E-state index in [2.05, 4.69) is 0 Å². The summed E-state index contributed by atoms with van der Waals surface area (Å²) in [6, 6.07) is 0. The van der Waals surface area contributed by atoms with Gasteiger partial charge in [0, 0.05) is 6.42 Å². The maximum atomic E-state index is 5.57. The molecule has 0 atom stereocenters. The molecule has 4 nitrogen and oxygen atoms in total. The Morgan fingerprint density at radius 1 is 0.867 bits per heavy atom. The average molecular weight is 216 g/mol. The first-order valence-electron chi connectivity index (χ1n) is 5.45. The Morgan fingerprint density at radius 3 is 2.00 bits per heavy atom. The molecular formula is C11H20O4. The molecule has 0 radical (unpaired) electrons. The maximum absolute atomic E-state index is 5.57. The van der Waals surface area contributed by atoms with Crippen molar-refractivity contribution in [2.24, 2.45) is 0 Å². The van der Waals surface area contributed by atoms with Crippen LogP contribution in [0.25, 0.3) is 0 Å². The van der Waals surface area contributed by atoms with Crippen LogP contribution in [0.5, 0.6) is 0 Å². The summed E-state index contributed by atoms with van der Waals surface area (Å²) in [5.41, 5.74) is 0. The lowest BCUT2D eigenvalue weighted by Crippen LogP contribution is -2.14. The topological polar surface area (TPSA) is 36.9 Å². The predicted octanol–water partition coefficient (Wildman–Crippen LogP) is 1.71. The number of allylic oxidation sites excluding steroid dienone is 2. The van der Waals surface area contributed by atoms with Crippen molar-refractivity contribution in [2.45, 2.75) is 20.3 Å². The van der Waals surface area contributed by atoms with E-state index in [0.717, 1.165) is 17.9 Å². The Balaban J connectivity index is 2.45. The molecule has 1 rings (SSSR count). The molecule has 0 saturated carbocycles. The Morgan fingerprint density at radius 2 is 1.40 bits per heavy atom. The molecule has 0 aliphatic carbocycles. The van der Waals surface area contributed by atoms with Crippen LogP contribution in [0.15, 0.2) is 11.5 Å². The van der Waals surface area contributed by atoms with Crippen molar-refractivity contribution >= 4 is 0 Å². The molecule has 0 fully saturated rings. The van der Waals surface area contributed by atoms with Crippen molar-refractivity contribution < 1.29 is 18.9 Å². The third-order valence-electron chi connectivity index (χ3n) is 2.14. The normalized spacial score (nSPS) is 25.7. The van der Waals surface area contributed by atoms with Crippen molar-refractivity contribution in [3.63, 3.8) is 0 Å². The second kappa shape index (κ2) is 7.54. The van der Waals surface area contributed by atoms with Crippen molar-refractivity contribution in [3.05, 3.63) is 11.5 Å². The van der Waals surface area contributed by atoms with E-state index in [-0.39, 0.29) is 0 Å². The first-order chi connectivity index (χ1) is 7.34. The summed E-state index contributed by atoms with van der Waals surface area (Å²) in [7, 11) is 0. The summed E-state index contributed by atoms with van der Waals surface area (Å²) in [6.07, 6.45) is 0.840. The van der Waals surface area contributed by atoms with Gasteiger partial charge in [-0.3, -0.25) is 0 Å². The molecule has 1 aliphatic heterocycles. The van der Waals surface area contributed by atoms with E-state index >= 15 is 0 Å². The van der Waals surface area contributed by atoms with Crippen molar-refractivity contribution in [2.75, 3.05) is 39.6 Å². The van der Waals surface area contributed by atoms with Gasteiger partial charge in [0.2, 0.25) is 0 Å². The van der Waals surface area contributed by atoms with Crippen LogP contribution in [0.2, 0.25) is 0 Å². The maximum Gasteiger partial charge on any atom is 0.133 e. The molecular weight excluding hydrogens is 196 g/mol. The molecule has 0 amide bonds. The Hall–Kier alpha value is -0.740. The summed E-state index contributed by atoms with van der Waals surface area (Å²) in [6.45, 7) is 7.54. The zero-order valence-electron chi connectivity index (χ0n) is 9.58. The Bertz CT molecular complexity index is 201. The second-order valence-corrected chi connectivity index (χ2v) is 3.25. The highest BCUT2D eigenvalue weighted by Crippen LogP contribution is 2.11. The van der Waals surface area contributed by atoms with Gasteiger partial charge in [0.25, 0.3) is 0 Å². The molecule has 0 aromatic rings. The van der Waals surface area contributed by atoms with E-state index in [0.29, 0.717) is 39.6 Å². The molecule has 0 saturated heterocycles. The summed E-state index contributed by atoms with van der Waals surface area (Å²) in [4.78, 5) is 0. The zero-order valence-corrected chi connectivity index (χ0v) is 9.58. The lowest BCUT2D eigenvalue weighted by molar-refractivity contribution is 0.00141. The van der Waals surface area contributed by atoms with Gasteiger partial charge in [-0.1, -0.05) is 6.92 Å². The van der Waals surface area contributed by atoms with E-state index in [1.165, 1.54) is 0 Å². The van der Waals surface area contributed by atoms with Crippen LogP contribution in [0.3, 0.4) is 0 Å². The van der Waals surface area contributed by atoms with Gasteiger partial charge in [-0.25, -0.2) is 0 Å². The molecule has 0 N–H and O–H groups in total. The largest absolute Gasteiger partial charge is 0.492 e. The second-order valence-electron chi connectivity index (χ2n) is 3.25. The van der Waals surface area contributed by atoms with Gasteiger partial charge < -0.3 is 18.9 Å². The van der Waals surface area contributed by atoms with Crippen LogP contribution in [-0.2, 0) is 18.9 Å². The smallest absolute Gasteiger partial charge is 0.133 e. The van der Waals surface area contributed by atoms with Gasteiger partial charge in [-0.05, 0) is 6.92 Å². The van der Waals surface area contributed by atoms with Crippen LogP contribution >= 0.6 is 0 Å². The minimum absolute atomic E-state index is 0.568. The van der Waals surface area contributed by atoms with Gasteiger partial charge >= 0.3 is 0 Å². The quantitative estimate of drug-likeness (QED) is 0.668. The number of hydrogen-bond acceptors (Lipinski definition) is 4. The fourth-order valence-electron chi connectivity index (χ4n) is 1.33. The minimum Gasteiger partial charge on any atom is -0.492 e. The fraction of sp³-hybridized carbons (Fsp3) is 0.818. The van der Waals surface area contributed by atoms with Crippen LogP contribution in [0, 0.1) is 0 Å². The summed E-state index contributed by atoms with van der Waals surface area (Å²) in [5.74, 6) is 1.75. The van der Waals surface area contributed by atoms with Crippen LogP contribution < -0.4 is 0 Å². The lowest BCUT2D eigenvalue weighted by Gasteiger charge is -2.15. The molecule has 0 unspecified atom stereocenters. The van der Waals surface area contributed by atoms with E-state index in [1.807, 2.05) is 13.8 Å². The molecule has 0 aromatic carbocycles. The molecule has 0 spiro atoms. The number of ether oxygens (including phenoxy) is 4. The van der Waals surface area contributed by atoms with E-state index in [4.69, 9.17) is 18.9 Å². The van der Waals surface area contributed by atoms with Crippen molar-refractivity contribution in [1.82, 2.24) is 0 Å². The van der Waals surface area contributed by atoms with Crippen molar-refractivity contribution in [1.29, 1.82) is 0 Å². The highest BCUT2D eigenvalue weighted by molar-refractivity contribution is 4.97. The third-order valence-corrected chi connectivity index (χ3v) is 2.14. The highest BCUT2D eigenvalue weighted by Gasteiger charge is 2.04. The van der Waals surface area contributed by atoms with Gasteiger partial charge in [-0.2, -0.15) is 0 Å². The van der Waals surface area contributed by atoms with E-state index < -0.39 is 0 Å². The highest BCUT2D eigenvalue weighted by atomic mass is 16.6. The standard InChI is InChI=1S/C11H20O4/c1-3-11-10(2)14-8-6-12-4-5-13-7-9-15-11/h3-9H2,1-2H3/b11-10-. The first kappa shape index (κ1) is 12.3. The van der Waals surface area contributed by atoms with Crippen molar-refractivity contribution in [3.8, 4) is 0 Å². The number of hydrogen-bond donors (Lipinski definition) is 0. The lowest BCUT2D eigenvalue weighted by atomic mass is 10.3. The third kappa shape index (κ3) is 5.04. The van der Waals surface area contributed by atoms with Gasteiger partial charge in [0.15, 0.2) is 0 Å². The molecule has 1 heterocycles. The molecule has 1 aliphatic rings. The molecule has 0 bridgehead atoms. The minimum atomic E-state index is 0.568. The van der Waals surface area contributed by atoms with Crippen LogP contribution in [0.4, 0.5) is 0 Å². The fourth-order valence-corrected chi connectivity index (χ4v) is 1.33. The monoisotopic (exact) mass is 216 g/mol. The Kier molecular flexibility index (Phi) is 6.20. The average Bonchev–Trinajstić information content (AvgIpc) is 2.23. The molecule has 0 aromatic heterocycles. The number of rotatable bonds is 1. The van der Waals surface area contributed by atoms with Crippen LogP contribution in [-0.4, -0.2) is 39.6 Å². The summed E-state index contributed by atoms with van der Waals surface area (Å²) >= 11 is 0. The first-order valence-corrected chi connectivity index (χ1v) is 5.45. The van der Waals surface area contributed by atoms with Gasteiger partial charge in [-0.15, -0.1) is 0 Å². The van der Waals surface area contributed by atoms with Gasteiger partial charge in [0.05, 0.1) is 26.4 Å². The van der Waals surface area contributed by atoms with Gasteiger partial charge in [0.1, 0.15) is 24.7 Å². The summed E-state index contributed by atoms with van der Waals surface area (Å²) in [5, 5.41) is 0. The van der Waals surface area contributed by atoms with Crippen LogP contribution in [0.1, 0.15) is 20.3 Å². The summed E-state index contributed by atoms with van der Waals surface area (Å²) < 4.78 is 21.7. The molecule has 4 heteroatoms. The molecule has 88 valence electrons. The van der Waals surface area contributed by atoms with E-state index in [1.54, 1.807) is 0 Å². The Labute approximate surface area is 91.1 Å².